The van der Waals surface area contributed by atoms with Crippen molar-refractivity contribution in [2.24, 2.45) is 0 Å². The molecule has 0 radical (unpaired) electrons. The summed E-state index contributed by atoms with van der Waals surface area (Å²) in [6.07, 6.45) is 7.00. The van der Waals surface area contributed by atoms with E-state index in [1.165, 1.54) is 0 Å². The lowest BCUT2D eigenvalue weighted by Gasteiger charge is -2.32. The zero-order valence-corrected chi connectivity index (χ0v) is 11.7. The Balaban J connectivity index is 2.15. The van der Waals surface area contributed by atoms with Gasteiger partial charge in [0.15, 0.2) is 0 Å². The minimum Gasteiger partial charge on any atom is -0.384 e. The van der Waals surface area contributed by atoms with Crippen molar-refractivity contribution in [3.05, 3.63) is 23.0 Å². The van der Waals surface area contributed by atoms with Gasteiger partial charge in [-0.3, -0.25) is 0 Å². The van der Waals surface area contributed by atoms with Crippen LogP contribution in [0.5, 0.6) is 0 Å². The molecule has 0 aromatic carbocycles. The molecule has 0 N–H and O–H groups in total. The molecule has 0 unspecified atom stereocenters. The van der Waals surface area contributed by atoms with Crippen LogP contribution in [0.15, 0.2) is 23.0 Å². The van der Waals surface area contributed by atoms with Crippen LogP contribution in [-0.4, -0.2) is 23.3 Å². The van der Waals surface area contributed by atoms with Gasteiger partial charge in [0.1, 0.15) is 0 Å². The molecule has 0 aromatic heterocycles. The monoisotopic (exact) mass is 285 g/mol. The van der Waals surface area contributed by atoms with Gasteiger partial charge in [0, 0.05) is 17.1 Å². The second-order valence-electron chi connectivity index (χ2n) is 5.18. The standard InChI is InChI=1S/C11H17BBrNO2/c1-10(2)11(3,4)16-12(15-10)14-7-5-6-9(13)8-14/h5,7-8H,6H2,1-4H3. The zero-order chi connectivity index (χ0) is 12.0. The second-order valence-corrected chi connectivity index (χ2v) is 6.19. The average Bonchev–Trinajstić information content (AvgIpc) is 2.36. The number of hydrogen-bond donors (Lipinski definition) is 0. The van der Waals surface area contributed by atoms with Crippen LogP contribution >= 0.6 is 15.9 Å². The molecule has 2 rings (SSSR count). The number of halogens is 1. The van der Waals surface area contributed by atoms with E-state index in [4.69, 9.17) is 9.31 Å². The highest BCUT2D eigenvalue weighted by molar-refractivity contribution is 9.11. The van der Waals surface area contributed by atoms with E-state index < -0.39 is 0 Å². The first kappa shape index (κ1) is 12.2. The third-order valence-electron chi connectivity index (χ3n) is 3.36. The van der Waals surface area contributed by atoms with E-state index in [0.29, 0.717) is 0 Å². The van der Waals surface area contributed by atoms with E-state index in [0.717, 1.165) is 10.9 Å². The van der Waals surface area contributed by atoms with Crippen LogP contribution < -0.4 is 0 Å². The Hall–Kier alpha value is -0.255. The third-order valence-corrected chi connectivity index (χ3v) is 3.89. The van der Waals surface area contributed by atoms with Gasteiger partial charge in [-0.2, -0.15) is 0 Å². The molecule has 3 nitrogen and oxygen atoms in total. The van der Waals surface area contributed by atoms with Crippen LogP contribution in [0.3, 0.4) is 0 Å². The van der Waals surface area contributed by atoms with Crippen LogP contribution in [0.2, 0.25) is 0 Å². The minimum absolute atomic E-state index is 0.288. The van der Waals surface area contributed by atoms with Gasteiger partial charge in [-0.1, -0.05) is 22.0 Å². The van der Waals surface area contributed by atoms with Gasteiger partial charge in [-0.05, 0) is 33.9 Å². The molecule has 0 bridgehead atoms. The number of rotatable bonds is 1. The lowest BCUT2D eigenvalue weighted by molar-refractivity contribution is 0.00578. The van der Waals surface area contributed by atoms with Crippen LogP contribution in [0, 0.1) is 0 Å². The van der Waals surface area contributed by atoms with Gasteiger partial charge >= 0.3 is 7.25 Å². The zero-order valence-electron chi connectivity index (χ0n) is 10.2. The SMILES string of the molecule is CC1(C)OB(N2C=CCC(Br)=C2)OC1(C)C. The summed E-state index contributed by atoms with van der Waals surface area (Å²) in [5.41, 5.74) is -0.577. The Bertz CT molecular complexity index is 336. The Labute approximate surface area is 106 Å². The molecule has 2 aliphatic heterocycles. The van der Waals surface area contributed by atoms with Gasteiger partial charge in [-0.15, -0.1) is 0 Å². The highest BCUT2D eigenvalue weighted by Gasteiger charge is 2.53. The second kappa shape index (κ2) is 3.89. The highest BCUT2D eigenvalue weighted by Crippen LogP contribution is 2.38. The summed E-state index contributed by atoms with van der Waals surface area (Å²) in [6.45, 7) is 8.22. The van der Waals surface area contributed by atoms with Crippen molar-refractivity contribution in [3.63, 3.8) is 0 Å². The fourth-order valence-electron chi connectivity index (χ4n) is 1.61. The summed E-state index contributed by atoms with van der Waals surface area (Å²) in [7, 11) is -0.339. The van der Waals surface area contributed by atoms with Crippen LogP contribution in [-0.2, 0) is 9.31 Å². The minimum atomic E-state index is -0.339. The molecule has 0 amide bonds. The molecule has 0 atom stereocenters. The molecule has 5 heteroatoms. The number of hydrogen-bond acceptors (Lipinski definition) is 3. The van der Waals surface area contributed by atoms with E-state index in [2.05, 4.69) is 49.7 Å². The summed E-state index contributed by atoms with van der Waals surface area (Å²) < 4.78 is 13.0. The molecule has 0 saturated carbocycles. The lowest BCUT2D eigenvalue weighted by Crippen LogP contribution is -2.41. The summed E-state index contributed by atoms with van der Waals surface area (Å²) in [5, 5.41) is 0. The van der Waals surface area contributed by atoms with Gasteiger partial charge in [0.25, 0.3) is 0 Å². The van der Waals surface area contributed by atoms with E-state index in [1.54, 1.807) is 0 Å². The van der Waals surface area contributed by atoms with Crippen LogP contribution in [0.25, 0.3) is 0 Å². The molecule has 0 aromatic rings. The van der Waals surface area contributed by atoms with Crippen molar-refractivity contribution >= 4 is 23.2 Å². The summed E-state index contributed by atoms with van der Waals surface area (Å²) in [5.74, 6) is 0. The Morgan fingerprint density at radius 2 is 1.81 bits per heavy atom. The van der Waals surface area contributed by atoms with Gasteiger partial charge in [0.05, 0.1) is 11.2 Å². The molecular formula is C11H17BBrNO2. The molecule has 2 heterocycles. The first-order chi connectivity index (χ1) is 7.32. The Kier molecular flexibility index (Phi) is 2.97. The normalized spacial score (nSPS) is 27.2. The number of nitrogens with zero attached hydrogens (tertiary/aromatic N) is 1. The fourth-order valence-corrected chi connectivity index (χ4v) is 2.03. The van der Waals surface area contributed by atoms with E-state index in [9.17, 15) is 0 Å². The van der Waals surface area contributed by atoms with Crippen LogP contribution in [0.4, 0.5) is 0 Å². The molecule has 0 spiro atoms. The van der Waals surface area contributed by atoms with Gasteiger partial charge < -0.3 is 14.1 Å². The number of allylic oxidation sites excluding steroid dienone is 2. The first-order valence-corrected chi connectivity index (χ1v) is 6.27. The van der Waals surface area contributed by atoms with Crippen molar-refractivity contribution in [2.45, 2.75) is 45.3 Å². The predicted molar refractivity (Wildman–Crippen MR) is 68.7 cm³/mol. The highest BCUT2D eigenvalue weighted by atomic mass is 79.9. The predicted octanol–water partition coefficient (Wildman–Crippen LogP) is 3.03. The summed E-state index contributed by atoms with van der Waals surface area (Å²) in [6, 6.07) is 0. The van der Waals surface area contributed by atoms with E-state index in [1.807, 2.05) is 17.2 Å². The molecule has 0 aliphatic carbocycles. The summed E-state index contributed by atoms with van der Waals surface area (Å²) >= 11 is 3.49. The fraction of sp³-hybridized carbons (Fsp3) is 0.636. The van der Waals surface area contributed by atoms with E-state index >= 15 is 0 Å². The maximum atomic E-state index is 5.94. The Morgan fingerprint density at radius 3 is 2.31 bits per heavy atom. The Morgan fingerprint density at radius 1 is 1.25 bits per heavy atom. The quantitative estimate of drug-likeness (QED) is 0.691. The van der Waals surface area contributed by atoms with Crippen molar-refractivity contribution < 1.29 is 9.31 Å². The topological polar surface area (TPSA) is 21.7 Å². The third kappa shape index (κ3) is 2.08. The molecular weight excluding hydrogens is 269 g/mol. The molecule has 1 saturated heterocycles. The molecule has 88 valence electrons. The molecule has 1 fully saturated rings. The summed E-state index contributed by atoms with van der Waals surface area (Å²) in [4.78, 5) is 1.95. The van der Waals surface area contributed by atoms with Crippen molar-refractivity contribution in [3.8, 4) is 0 Å². The lowest BCUT2D eigenvalue weighted by atomic mass is 9.90. The van der Waals surface area contributed by atoms with E-state index in [-0.39, 0.29) is 18.5 Å². The van der Waals surface area contributed by atoms with Crippen molar-refractivity contribution in [1.82, 2.24) is 4.81 Å². The largest absolute Gasteiger partial charge is 0.598 e. The van der Waals surface area contributed by atoms with Crippen molar-refractivity contribution in [2.75, 3.05) is 0 Å². The van der Waals surface area contributed by atoms with Crippen molar-refractivity contribution in [1.29, 1.82) is 0 Å². The maximum absolute atomic E-state index is 5.94. The van der Waals surface area contributed by atoms with Crippen LogP contribution in [0.1, 0.15) is 34.1 Å². The first-order valence-electron chi connectivity index (χ1n) is 5.48. The molecule has 16 heavy (non-hydrogen) atoms. The smallest absolute Gasteiger partial charge is 0.384 e. The van der Waals surface area contributed by atoms with Gasteiger partial charge in [-0.25, -0.2) is 0 Å². The van der Waals surface area contributed by atoms with Gasteiger partial charge in [0.2, 0.25) is 0 Å². The molecule has 2 aliphatic rings. The maximum Gasteiger partial charge on any atom is 0.598 e. The average molecular weight is 286 g/mol.